The zero-order valence-corrected chi connectivity index (χ0v) is 12.6. The number of hydrogen-bond acceptors (Lipinski definition) is 4. The second-order valence-corrected chi connectivity index (χ2v) is 5.37. The van der Waals surface area contributed by atoms with Crippen LogP contribution in [0.15, 0.2) is 18.2 Å². The molecule has 1 aliphatic rings. The Morgan fingerprint density at radius 1 is 1.48 bits per heavy atom. The molecule has 1 aromatic heterocycles. The first-order valence-electron chi connectivity index (χ1n) is 7.62. The molecular formula is C16H24N2O3. The second kappa shape index (κ2) is 8.74. The van der Waals surface area contributed by atoms with E-state index >= 15 is 0 Å². The van der Waals surface area contributed by atoms with Gasteiger partial charge in [0.15, 0.2) is 0 Å². The van der Waals surface area contributed by atoms with Crippen molar-refractivity contribution in [2.75, 3.05) is 26.4 Å². The van der Waals surface area contributed by atoms with E-state index < -0.39 is 0 Å². The third-order valence-corrected chi connectivity index (χ3v) is 3.46. The number of ether oxygens (including phenoxy) is 2. The highest BCUT2D eigenvalue weighted by atomic mass is 16.5. The molecule has 1 amide bonds. The molecule has 0 radical (unpaired) electrons. The van der Waals surface area contributed by atoms with Gasteiger partial charge in [-0.05, 0) is 38.3 Å². The van der Waals surface area contributed by atoms with Crippen LogP contribution in [-0.2, 0) is 20.7 Å². The summed E-state index contributed by atoms with van der Waals surface area (Å²) >= 11 is 0. The maximum atomic E-state index is 11.6. The van der Waals surface area contributed by atoms with E-state index in [1.165, 1.54) is 6.42 Å². The van der Waals surface area contributed by atoms with Gasteiger partial charge in [-0.3, -0.25) is 9.78 Å². The largest absolute Gasteiger partial charge is 0.376 e. The van der Waals surface area contributed by atoms with Crippen LogP contribution in [0.5, 0.6) is 0 Å². The van der Waals surface area contributed by atoms with Gasteiger partial charge >= 0.3 is 0 Å². The SMILES string of the molecule is Cc1cccc(CCNC(=O)COC[C@@H]2CCCCO2)n1. The van der Waals surface area contributed by atoms with Gasteiger partial charge in [0, 0.05) is 31.0 Å². The van der Waals surface area contributed by atoms with Crippen LogP contribution in [0.1, 0.15) is 30.7 Å². The molecule has 0 unspecified atom stereocenters. The van der Waals surface area contributed by atoms with Crippen LogP contribution in [0.4, 0.5) is 0 Å². The van der Waals surface area contributed by atoms with E-state index in [4.69, 9.17) is 9.47 Å². The second-order valence-electron chi connectivity index (χ2n) is 5.37. The summed E-state index contributed by atoms with van der Waals surface area (Å²) in [5.41, 5.74) is 1.99. The van der Waals surface area contributed by atoms with Crippen LogP contribution >= 0.6 is 0 Å². The Labute approximate surface area is 126 Å². The number of rotatable bonds is 7. The molecule has 1 N–H and O–H groups in total. The van der Waals surface area contributed by atoms with Crippen molar-refractivity contribution in [1.82, 2.24) is 10.3 Å². The quantitative estimate of drug-likeness (QED) is 0.830. The van der Waals surface area contributed by atoms with E-state index in [0.717, 1.165) is 37.3 Å². The number of aryl methyl sites for hydroxylation is 1. The van der Waals surface area contributed by atoms with Gasteiger partial charge in [0.2, 0.25) is 5.91 Å². The van der Waals surface area contributed by atoms with E-state index in [-0.39, 0.29) is 18.6 Å². The van der Waals surface area contributed by atoms with Crippen LogP contribution in [0.2, 0.25) is 0 Å². The third kappa shape index (κ3) is 6.23. The van der Waals surface area contributed by atoms with Gasteiger partial charge in [-0.15, -0.1) is 0 Å². The molecule has 1 fully saturated rings. The molecular weight excluding hydrogens is 268 g/mol. The summed E-state index contributed by atoms with van der Waals surface area (Å²) in [5, 5.41) is 2.84. The van der Waals surface area contributed by atoms with Crippen LogP contribution in [0.25, 0.3) is 0 Å². The number of aromatic nitrogens is 1. The first-order valence-corrected chi connectivity index (χ1v) is 7.62. The van der Waals surface area contributed by atoms with E-state index in [1.54, 1.807) is 0 Å². The Bertz CT molecular complexity index is 445. The lowest BCUT2D eigenvalue weighted by Crippen LogP contribution is -2.32. The van der Waals surface area contributed by atoms with E-state index in [1.807, 2.05) is 25.1 Å². The topological polar surface area (TPSA) is 60.5 Å². The number of pyridine rings is 1. The summed E-state index contributed by atoms with van der Waals surface area (Å²) in [7, 11) is 0. The van der Waals surface area contributed by atoms with Crippen molar-refractivity contribution in [2.24, 2.45) is 0 Å². The predicted molar refractivity (Wildman–Crippen MR) is 80.1 cm³/mol. The molecule has 0 aliphatic carbocycles. The van der Waals surface area contributed by atoms with Gasteiger partial charge < -0.3 is 14.8 Å². The van der Waals surface area contributed by atoms with Crippen molar-refractivity contribution < 1.29 is 14.3 Å². The average Bonchev–Trinajstić information content (AvgIpc) is 2.48. The minimum absolute atomic E-state index is 0.0848. The minimum Gasteiger partial charge on any atom is -0.376 e. The Hall–Kier alpha value is -1.46. The van der Waals surface area contributed by atoms with E-state index in [9.17, 15) is 4.79 Å². The van der Waals surface area contributed by atoms with E-state index in [2.05, 4.69) is 10.3 Å². The van der Waals surface area contributed by atoms with Crippen LogP contribution < -0.4 is 5.32 Å². The summed E-state index contributed by atoms with van der Waals surface area (Å²) in [6, 6.07) is 5.91. The third-order valence-electron chi connectivity index (χ3n) is 3.46. The standard InChI is InChI=1S/C16H24N2O3/c1-13-5-4-6-14(18-13)8-9-17-16(19)12-20-11-15-7-2-3-10-21-15/h4-6,15H,2-3,7-12H2,1H3,(H,17,19)/t15-/m0/s1. The Balaban J connectivity index is 1.55. The van der Waals surface area contributed by atoms with Gasteiger partial charge in [0.05, 0.1) is 12.7 Å². The zero-order chi connectivity index (χ0) is 14.9. The highest BCUT2D eigenvalue weighted by molar-refractivity contribution is 5.77. The van der Waals surface area contributed by atoms with Gasteiger partial charge in [-0.2, -0.15) is 0 Å². The molecule has 2 heterocycles. The van der Waals surface area contributed by atoms with Crippen LogP contribution in [0.3, 0.4) is 0 Å². The van der Waals surface area contributed by atoms with Crippen molar-refractivity contribution in [3.8, 4) is 0 Å². The summed E-state index contributed by atoms with van der Waals surface area (Å²) in [4.78, 5) is 16.0. The van der Waals surface area contributed by atoms with Gasteiger partial charge in [-0.1, -0.05) is 6.07 Å². The molecule has 1 atom stereocenters. The molecule has 5 nitrogen and oxygen atoms in total. The molecule has 2 rings (SSSR count). The normalized spacial score (nSPS) is 18.4. The monoisotopic (exact) mass is 292 g/mol. The maximum absolute atomic E-state index is 11.6. The molecule has 0 aromatic carbocycles. The highest BCUT2D eigenvalue weighted by Gasteiger charge is 2.14. The van der Waals surface area contributed by atoms with Crippen molar-refractivity contribution in [1.29, 1.82) is 0 Å². The number of amides is 1. The van der Waals surface area contributed by atoms with Gasteiger partial charge in [0.25, 0.3) is 0 Å². The predicted octanol–water partition coefficient (Wildman–Crippen LogP) is 1.63. The van der Waals surface area contributed by atoms with Crippen LogP contribution in [0, 0.1) is 6.92 Å². The number of carbonyl (C=O) groups is 1. The first-order chi connectivity index (χ1) is 10.2. The fourth-order valence-corrected chi connectivity index (χ4v) is 2.34. The molecule has 1 aromatic rings. The lowest BCUT2D eigenvalue weighted by Gasteiger charge is -2.22. The van der Waals surface area contributed by atoms with Crippen molar-refractivity contribution in [3.05, 3.63) is 29.6 Å². The fraction of sp³-hybridized carbons (Fsp3) is 0.625. The van der Waals surface area contributed by atoms with E-state index in [0.29, 0.717) is 13.2 Å². The van der Waals surface area contributed by atoms with Crippen molar-refractivity contribution in [3.63, 3.8) is 0 Å². The summed E-state index contributed by atoms with van der Waals surface area (Å²) < 4.78 is 10.9. The smallest absolute Gasteiger partial charge is 0.246 e. The summed E-state index contributed by atoms with van der Waals surface area (Å²) in [6.07, 6.45) is 4.23. The molecule has 0 spiro atoms. The fourth-order valence-electron chi connectivity index (χ4n) is 2.34. The number of carbonyl (C=O) groups excluding carboxylic acids is 1. The molecule has 0 bridgehead atoms. The van der Waals surface area contributed by atoms with Gasteiger partial charge in [0.1, 0.15) is 6.61 Å². The molecule has 0 saturated carbocycles. The number of nitrogens with one attached hydrogen (secondary N) is 1. The number of hydrogen-bond donors (Lipinski definition) is 1. The van der Waals surface area contributed by atoms with Gasteiger partial charge in [-0.25, -0.2) is 0 Å². The Kier molecular flexibility index (Phi) is 6.63. The van der Waals surface area contributed by atoms with Crippen molar-refractivity contribution in [2.45, 2.75) is 38.7 Å². The highest BCUT2D eigenvalue weighted by Crippen LogP contribution is 2.12. The summed E-state index contributed by atoms with van der Waals surface area (Å²) in [5.74, 6) is -0.0848. The van der Waals surface area contributed by atoms with Crippen LogP contribution in [-0.4, -0.2) is 43.4 Å². The average molecular weight is 292 g/mol. The lowest BCUT2D eigenvalue weighted by molar-refractivity contribution is -0.127. The molecule has 21 heavy (non-hydrogen) atoms. The number of nitrogens with zero attached hydrogens (tertiary/aromatic N) is 1. The summed E-state index contributed by atoms with van der Waals surface area (Å²) in [6.45, 7) is 3.96. The first kappa shape index (κ1) is 15.9. The van der Waals surface area contributed by atoms with Crippen molar-refractivity contribution >= 4 is 5.91 Å². The maximum Gasteiger partial charge on any atom is 0.246 e. The minimum atomic E-state index is -0.0848. The molecule has 116 valence electrons. The Morgan fingerprint density at radius 2 is 2.38 bits per heavy atom. The zero-order valence-electron chi connectivity index (χ0n) is 12.6. The molecule has 5 heteroatoms. The molecule has 1 saturated heterocycles. The Morgan fingerprint density at radius 3 is 3.14 bits per heavy atom. The molecule has 1 aliphatic heterocycles. The lowest BCUT2D eigenvalue weighted by atomic mass is 10.1.